The van der Waals surface area contributed by atoms with Gasteiger partial charge in [-0.05, 0) is 24.5 Å². The van der Waals surface area contributed by atoms with Gasteiger partial charge in [0.2, 0.25) is 23.2 Å². The predicted molar refractivity (Wildman–Crippen MR) is 115 cm³/mol. The number of hydrogen-bond donors (Lipinski definition) is 0. The lowest BCUT2D eigenvalue weighted by Crippen LogP contribution is -2.37. The van der Waals surface area contributed by atoms with Crippen LogP contribution < -0.4 is 9.64 Å². The Morgan fingerprint density at radius 1 is 1.21 bits per heavy atom. The van der Waals surface area contributed by atoms with Crippen LogP contribution >= 0.6 is 35.0 Å². The van der Waals surface area contributed by atoms with Gasteiger partial charge in [-0.1, -0.05) is 66.2 Å². The van der Waals surface area contributed by atoms with E-state index in [1.165, 1.54) is 11.8 Å². The van der Waals surface area contributed by atoms with Gasteiger partial charge in [-0.2, -0.15) is 4.98 Å². The molecule has 29 heavy (non-hydrogen) atoms. The number of ether oxygens (including phenoxy) is 1. The van der Waals surface area contributed by atoms with E-state index in [0.717, 1.165) is 0 Å². The highest BCUT2D eigenvalue weighted by Crippen LogP contribution is 2.44. The first-order valence-electron chi connectivity index (χ1n) is 8.85. The molecule has 6 nitrogen and oxygen atoms in total. The molecule has 0 aliphatic carbocycles. The van der Waals surface area contributed by atoms with Crippen molar-refractivity contribution in [1.29, 1.82) is 0 Å². The monoisotopic (exact) mass is 446 g/mol. The van der Waals surface area contributed by atoms with E-state index >= 15 is 0 Å². The Bertz CT molecular complexity index is 1100. The number of rotatable bonds is 3. The van der Waals surface area contributed by atoms with Crippen LogP contribution in [0.25, 0.3) is 11.3 Å². The maximum atomic E-state index is 13.0. The third-order valence-electron chi connectivity index (χ3n) is 4.49. The number of aromatic nitrogens is 3. The first-order valence-corrected chi connectivity index (χ1v) is 10.8. The van der Waals surface area contributed by atoms with E-state index in [2.05, 4.69) is 15.2 Å². The number of carbonyl (C=O) groups is 1. The van der Waals surface area contributed by atoms with E-state index in [4.69, 9.17) is 27.9 Å². The van der Waals surface area contributed by atoms with Crippen molar-refractivity contribution in [2.24, 2.45) is 0 Å². The molecule has 1 amide bonds. The first-order chi connectivity index (χ1) is 14.0. The number of amides is 1. The number of halogens is 2. The number of hydrogen-bond acceptors (Lipinski definition) is 6. The number of nitrogens with zero attached hydrogens (tertiary/aromatic N) is 4. The minimum absolute atomic E-state index is 0.126. The summed E-state index contributed by atoms with van der Waals surface area (Å²) in [5, 5.41) is 9.83. The van der Waals surface area contributed by atoms with Gasteiger partial charge in [0.25, 0.3) is 0 Å². The lowest BCUT2D eigenvalue weighted by Gasteiger charge is -2.31. The second kappa shape index (κ2) is 8.18. The van der Waals surface area contributed by atoms with Crippen LogP contribution in [-0.4, -0.2) is 27.3 Å². The highest BCUT2D eigenvalue weighted by atomic mass is 35.5. The second-order valence-electron chi connectivity index (χ2n) is 6.22. The largest absolute Gasteiger partial charge is 0.447 e. The molecule has 9 heteroatoms. The van der Waals surface area contributed by atoms with Crippen LogP contribution in [0.5, 0.6) is 5.88 Å². The quantitative estimate of drug-likeness (QED) is 0.501. The maximum Gasteiger partial charge on any atom is 0.247 e. The lowest BCUT2D eigenvalue weighted by molar-refractivity contribution is -0.120. The average Bonchev–Trinajstić information content (AvgIpc) is 2.87. The first kappa shape index (κ1) is 19.9. The number of fused-ring (bicyclic) bond motifs is 3. The molecule has 3 aromatic rings. The molecule has 4 rings (SSSR count). The molecule has 2 heterocycles. The van der Waals surface area contributed by atoms with E-state index in [1.807, 2.05) is 30.5 Å². The van der Waals surface area contributed by atoms with Gasteiger partial charge in [-0.15, -0.1) is 10.2 Å². The van der Waals surface area contributed by atoms with Crippen LogP contribution in [0.4, 0.5) is 5.69 Å². The smallest absolute Gasteiger partial charge is 0.247 e. The van der Waals surface area contributed by atoms with Crippen molar-refractivity contribution < 1.29 is 9.53 Å². The molecule has 0 saturated heterocycles. The van der Waals surface area contributed by atoms with Crippen molar-refractivity contribution in [2.45, 2.75) is 24.7 Å². The van der Waals surface area contributed by atoms with Crippen molar-refractivity contribution in [2.75, 3.05) is 11.2 Å². The summed E-state index contributed by atoms with van der Waals surface area (Å²) in [5.74, 6) is 0.165. The van der Waals surface area contributed by atoms with E-state index in [-0.39, 0.29) is 12.3 Å². The fourth-order valence-corrected chi connectivity index (χ4v) is 3.94. The summed E-state index contributed by atoms with van der Waals surface area (Å²) >= 11 is 13.9. The third-order valence-corrected chi connectivity index (χ3v) is 5.59. The fourth-order valence-electron chi connectivity index (χ4n) is 3.14. The standard InChI is InChI=1S/C20H16Cl2N4O2S/c1-3-16(27)26-15-7-5-4-6-13(15)17-18(23-20(29-2)25-24-17)28-19(26)12-9-8-11(21)10-14(12)22/h4-10,19H,3H2,1-2H3/t19-/m1/s1. The number of anilines is 1. The van der Waals surface area contributed by atoms with Crippen LogP contribution in [-0.2, 0) is 4.79 Å². The minimum Gasteiger partial charge on any atom is -0.447 e. The molecule has 148 valence electrons. The van der Waals surface area contributed by atoms with E-state index < -0.39 is 6.23 Å². The summed E-state index contributed by atoms with van der Waals surface area (Å²) in [6.45, 7) is 1.80. The normalized spacial score (nSPS) is 15.2. The molecule has 0 bridgehead atoms. The summed E-state index contributed by atoms with van der Waals surface area (Å²) < 4.78 is 6.27. The molecular weight excluding hydrogens is 431 g/mol. The Labute approximate surface area is 182 Å². The number of para-hydroxylation sites is 1. The molecule has 0 unspecified atom stereocenters. The van der Waals surface area contributed by atoms with Gasteiger partial charge in [-0.25, -0.2) is 0 Å². The minimum atomic E-state index is -0.832. The zero-order chi connectivity index (χ0) is 20.5. The topological polar surface area (TPSA) is 68.2 Å². The van der Waals surface area contributed by atoms with Crippen molar-refractivity contribution in [3.63, 3.8) is 0 Å². The molecule has 0 saturated carbocycles. The van der Waals surface area contributed by atoms with Gasteiger partial charge in [0.1, 0.15) is 0 Å². The Morgan fingerprint density at radius 2 is 2.00 bits per heavy atom. The molecule has 1 aliphatic rings. The molecule has 0 spiro atoms. The van der Waals surface area contributed by atoms with Gasteiger partial charge in [0.15, 0.2) is 5.69 Å². The molecule has 0 radical (unpaired) electrons. The lowest BCUT2D eigenvalue weighted by atomic mass is 10.1. The molecular formula is C20H16Cl2N4O2S. The van der Waals surface area contributed by atoms with Crippen LogP contribution in [0.1, 0.15) is 25.1 Å². The highest BCUT2D eigenvalue weighted by Gasteiger charge is 2.36. The van der Waals surface area contributed by atoms with Crippen molar-refractivity contribution in [1.82, 2.24) is 15.2 Å². The maximum absolute atomic E-state index is 13.0. The molecule has 0 N–H and O–H groups in total. The summed E-state index contributed by atoms with van der Waals surface area (Å²) in [5.41, 5.74) is 2.44. The van der Waals surface area contributed by atoms with Crippen molar-refractivity contribution >= 4 is 46.6 Å². The number of carbonyl (C=O) groups excluding carboxylic acids is 1. The van der Waals surface area contributed by atoms with E-state index in [0.29, 0.717) is 43.6 Å². The fraction of sp³-hybridized carbons (Fsp3) is 0.200. The second-order valence-corrected chi connectivity index (χ2v) is 7.84. The Morgan fingerprint density at radius 3 is 2.72 bits per heavy atom. The van der Waals surface area contributed by atoms with Gasteiger partial charge in [-0.3, -0.25) is 9.69 Å². The van der Waals surface area contributed by atoms with Crippen LogP contribution in [0.2, 0.25) is 10.0 Å². The molecule has 2 aromatic carbocycles. The van der Waals surface area contributed by atoms with Gasteiger partial charge in [0, 0.05) is 22.6 Å². The predicted octanol–water partition coefficient (Wildman–Crippen LogP) is 5.40. The van der Waals surface area contributed by atoms with Crippen LogP contribution in [0.15, 0.2) is 47.6 Å². The Balaban J connectivity index is 1.99. The van der Waals surface area contributed by atoms with Crippen molar-refractivity contribution in [3.05, 3.63) is 58.1 Å². The zero-order valence-corrected chi connectivity index (χ0v) is 17.9. The van der Waals surface area contributed by atoms with Crippen LogP contribution in [0, 0.1) is 0 Å². The average molecular weight is 447 g/mol. The van der Waals surface area contributed by atoms with Gasteiger partial charge in [0.05, 0.1) is 10.7 Å². The number of thioether (sulfide) groups is 1. The van der Waals surface area contributed by atoms with E-state index in [1.54, 1.807) is 30.0 Å². The van der Waals surface area contributed by atoms with Gasteiger partial charge < -0.3 is 4.74 Å². The summed E-state index contributed by atoms with van der Waals surface area (Å²) in [6.07, 6.45) is 1.31. The molecule has 1 aliphatic heterocycles. The third kappa shape index (κ3) is 3.66. The van der Waals surface area contributed by atoms with Crippen molar-refractivity contribution in [3.8, 4) is 17.1 Å². The summed E-state index contributed by atoms with van der Waals surface area (Å²) in [4.78, 5) is 19.1. The Hall–Kier alpha value is -2.35. The highest BCUT2D eigenvalue weighted by molar-refractivity contribution is 7.98. The van der Waals surface area contributed by atoms with E-state index in [9.17, 15) is 4.79 Å². The summed E-state index contributed by atoms with van der Waals surface area (Å²) in [6, 6.07) is 12.5. The molecule has 0 fully saturated rings. The zero-order valence-electron chi connectivity index (χ0n) is 15.6. The molecule has 1 aromatic heterocycles. The summed E-state index contributed by atoms with van der Waals surface area (Å²) in [7, 11) is 0. The Kier molecular flexibility index (Phi) is 5.63. The molecule has 1 atom stereocenters. The SMILES string of the molecule is CCC(=O)N1c2ccccc2-c2nnc(SC)nc2O[C@@H]1c1ccc(Cl)cc1Cl. The number of benzene rings is 2. The van der Waals surface area contributed by atoms with Gasteiger partial charge >= 0.3 is 0 Å². The van der Waals surface area contributed by atoms with Crippen LogP contribution in [0.3, 0.4) is 0 Å².